The lowest BCUT2D eigenvalue weighted by atomic mass is 10.1. The standard InChI is InChI=1S/C11H9FOS/c1-13-8-4-5-10(12)9(7-8)11-3-2-6-14-11/h2-7H,1H3. The van der Waals surface area contributed by atoms with Gasteiger partial charge >= 0.3 is 0 Å². The molecule has 72 valence electrons. The van der Waals surface area contributed by atoms with Crippen LogP contribution in [-0.4, -0.2) is 7.11 Å². The first kappa shape index (κ1) is 9.21. The molecule has 0 spiro atoms. The van der Waals surface area contributed by atoms with Gasteiger partial charge in [-0.3, -0.25) is 0 Å². The Hall–Kier alpha value is -1.35. The summed E-state index contributed by atoms with van der Waals surface area (Å²) >= 11 is 1.51. The summed E-state index contributed by atoms with van der Waals surface area (Å²) in [4.78, 5) is 0.918. The minimum atomic E-state index is -0.215. The van der Waals surface area contributed by atoms with Crippen molar-refractivity contribution in [2.45, 2.75) is 0 Å². The molecular weight excluding hydrogens is 199 g/mol. The van der Waals surface area contributed by atoms with E-state index in [9.17, 15) is 4.39 Å². The van der Waals surface area contributed by atoms with Gasteiger partial charge in [0, 0.05) is 10.4 Å². The molecule has 0 radical (unpaired) electrons. The highest BCUT2D eigenvalue weighted by Gasteiger charge is 2.06. The van der Waals surface area contributed by atoms with Gasteiger partial charge in [-0.2, -0.15) is 0 Å². The van der Waals surface area contributed by atoms with Crippen molar-refractivity contribution >= 4 is 11.3 Å². The van der Waals surface area contributed by atoms with E-state index in [1.807, 2.05) is 17.5 Å². The maximum absolute atomic E-state index is 13.4. The summed E-state index contributed by atoms with van der Waals surface area (Å²) in [7, 11) is 1.57. The minimum Gasteiger partial charge on any atom is -0.497 e. The van der Waals surface area contributed by atoms with E-state index in [1.54, 1.807) is 19.2 Å². The van der Waals surface area contributed by atoms with Crippen molar-refractivity contribution in [3.8, 4) is 16.2 Å². The molecule has 0 aliphatic carbocycles. The van der Waals surface area contributed by atoms with Crippen LogP contribution < -0.4 is 4.74 Å². The van der Waals surface area contributed by atoms with E-state index in [1.165, 1.54) is 17.4 Å². The predicted molar refractivity (Wildman–Crippen MR) is 56.3 cm³/mol. The summed E-state index contributed by atoms with van der Waals surface area (Å²) in [6.07, 6.45) is 0. The maximum Gasteiger partial charge on any atom is 0.132 e. The van der Waals surface area contributed by atoms with Crippen LogP contribution >= 0.6 is 11.3 Å². The Morgan fingerprint density at radius 3 is 2.79 bits per heavy atom. The topological polar surface area (TPSA) is 9.23 Å². The molecule has 0 bridgehead atoms. The smallest absolute Gasteiger partial charge is 0.132 e. The number of methoxy groups -OCH3 is 1. The molecule has 0 atom stereocenters. The molecule has 2 aromatic rings. The molecule has 0 saturated carbocycles. The van der Waals surface area contributed by atoms with E-state index < -0.39 is 0 Å². The van der Waals surface area contributed by atoms with Crippen LogP contribution in [-0.2, 0) is 0 Å². The highest BCUT2D eigenvalue weighted by molar-refractivity contribution is 7.13. The number of rotatable bonds is 2. The number of hydrogen-bond donors (Lipinski definition) is 0. The second kappa shape index (κ2) is 3.80. The lowest BCUT2D eigenvalue weighted by Crippen LogP contribution is -1.86. The Labute approximate surface area is 85.8 Å². The summed E-state index contributed by atoms with van der Waals surface area (Å²) in [5.41, 5.74) is 0.597. The number of benzene rings is 1. The Balaban J connectivity index is 2.51. The number of halogens is 1. The molecule has 0 fully saturated rings. The fourth-order valence-electron chi connectivity index (χ4n) is 1.25. The third-order valence-electron chi connectivity index (χ3n) is 1.96. The molecule has 1 aromatic carbocycles. The van der Waals surface area contributed by atoms with Gasteiger partial charge in [-0.25, -0.2) is 4.39 Å². The molecular formula is C11H9FOS. The molecule has 1 aromatic heterocycles. The van der Waals surface area contributed by atoms with Crippen LogP contribution in [0.3, 0.4) is 0 Å². The highest BCUT2D eigenvalue weighted by atomic mass is 32.1. The molecule has 0 saturated heterocycles. The fourth-order valence-corrected chi connectivity index (χ4v) is 2.00. The van der Waals surface area contributed by atoms with Crippen molar-refractivity contribution in [1.29, 1.82) is 0 Å². The first-order chi connectivity index (χ1) is 6.81. The Bertz CT molecular complexity index is 423. The van der Waals surface area contributed by atoms with E-state index in [0.717, 1.165) is 4.88 Å². The van der Waals surface area contributed by atoms with Gasteiger partial charge in [-0.05, 0) is 29.6 Å². The van der Waals surface area contributed by atoms with Gasteiger partial charge in [-0.1, -0.05) is 6.07 Å². The van der Waals surface area contributed by atoms with E-state index in [2.05, 4.69) is 0 Å². The molecule has 0 aliphatic rings. The van der Waals surface area contributed by atoms with Crippen molar-refractivity contribution in [1.82, 2.24) is 0 Å². The summed E-state index contributed by atoms with van der Waals surface area (Å²) in [5.74, 6) is 0.461. The van der Waals surface area contributed by atoms with Gasteiger partial charge < -0.3 is 4.74 Å². The second-order valence-corrected chi connectivity index (χ2v) is 3.77. The number of hydrogen-bond acceptors (Lipinski definition) is 2. The lowest BCUT2D eigenvalue weighted by Gasteiger charge is -2.03. The Morgan fingerprint density at radius 2 is 2.14 bits per heavy atom. The third-order valence-corrected chi connectivity index (χ3v) is 2.86. The summed E-state index contributed by atoms with van der Waals surface area (Å²) in [6, 6.07) is 8.54. The summed E-state index contributed by atoms with van der Waals surface area (Å²) in [5, 5.41) is 1.92. The van der Waals surface area contributed by atoms with E-state index >= 15 is 0 Å². The maximum atomic E-state index is 13.4. The summed E-state index contributed by atoms with van der Waals surface area (Å²) < 4.78 is 18.5. The van der Waals surface area contributed by atoms with Gasteiger partial charge in [0.15, 0.2) is 0 Å². The van der Waals surface area contributed by atoms with Crippen LogP contribution in [0.5, 0.6) is 5.75 Å². The zero-order chi connectivity index (χ0) is 9.97. The van der Waals surface area contributed by atoms with Crippen LogP contribution in [0.1, 0.15) is 0 Å². The van der Waals surface area contributed by atoms with Crippen LogP contribution in [0.15, 0.2) is 35.7 Å². The number of ether oxygens (including phenoxy) is 1. The predicted octanol–water partition coefficient (Wildman–Crippen LogP) is 3.56. The Kier molecular flexibility index (Phi) is 2.50. The first-order valence-corrected chi connectivity index (χ1v) is 5.06. The van der Waals surface area contributed by atoms with Crippen molar-refractivity contribution < 1.29 is 9.13 Å². The van der Waals surface area contributed by atoms with Crippen LogP contribution in [0.25, 0.3) is 10.4 Å². The lowest BCUT2D eigenvalue weighted by molar-refractivity contribution is 0.414. The zero-order valence-corrected chi connectivity index (χ0v) is 8.48. The molecule has 1 nitrogen and oxygen atoms in total. The highest BCUT2D eigenvalue weighted by Crippen LogP contribution is 2.30. The average molecular weight is 208 g/mol. The molecule has 3 heteroatoms. The normalized spacial score (nSPS) is 10.1. The molecule has 0 unspecified atom stereocenters. The van der Waals surface area contributed by atoms with Crippen LogP contribution in [0.2, 0.25) is 0 Å². The fraction of sp³-hybridized carbons (Fsp3) is 0.0909. The summed E-state index contributed by atoms with van der Waals surface area (Å²) in [6.45, 7) is 0. The second-order valence-electron chi connectivity index (χ2n) is 2.82. The SMILES string of the molecule is COc1ccc(F)c(-c2cccs2)c1. The average Bonchev–Trinajstić information content (AvgIpc) is 2.71. The monoisotopic (exact) mass is 208 g/mol. The Morgan fingerprint density at radius 1 is 1.29 bits per heavy atom. The zero-order valence-electron chi connectivity index (χ0n) is 7.66. The van der Waals surface area contributed by atoms with Crippen molar-refractivity contribution in [3.05, 3.63) is 41.5 Å². The van der Waals surface area contributed by atoms with Gasteiger partial charge in [0.25, 0.3) is 0 Å². The molecule has 0 aliphatic heterocycles. The van der Waals surface area contributed by atoms with Gasteiger partial charge in [-0.15, -0.1) is 11.3 Å². The quantitative estimate of drug-likeness (QED) is 0.733. The largest absolute Gasteiger partial charge is 0.497 e. The third kappa shape index (κ3) is 1.63. The van der Waals surface area contributed by atoms with E-state index in [-0.39, 0.29) is 5.82 Å². The first-order valence-electron chi connectivity index (χ1n) is 4.18. The molecule has 2 rings (SSSR count). The van der Waals surface area contributed by atoms with E-state index in [0.29, 0.717) is 11.3 Å². The molecule has 0 amide bonds. The molecule has 14 heavy (non-hydrogen) atoms. The van der Waals surface area contributed by atoms with Gasteiger partial charge in [0.1, 0.15) is 11.6 Å². The minimum absolute atomic E-state index is 0.215. The van der Waals surface area contributed by atoms with Gasteiger partial charge in [0.05, 0.1) is 7.11 Å². The number of thiophene rings is 1. The molecule has 0 N–H and O–H groups in total. The van der Waals surface area contributed by atoms with Gasteiger partial charge in [0.2, 0.25) is 0 Å². The van der Waals surface area contributed by atoms with Crippen molar-refractivity contribution in [2.75, 3.05) is 7.11 Å². The van der Waals surface area contributed by atoms with Crippen LogP contribution in [0, 0.1) is 5.82 Å². The van der Waals surface area contributed by atoms with Crippen LogP contribution in [0.4, 0.5) is 4.39 Å². The van der Waals surface area contributed by atoms with E-state index in [4.69, 9.17) is 4.74 Å². The van der Waals surface area contributed by atoms with Crippen molar-refractivity contribution in [3.63, 3.8) is 0 Å². The van der Waals surface area contributed by atoms with Crippen molar-refractivity contribution in [2.24, 2.45) is 0 Å². The molecule has 1 heterocycles.